The van der Waals surface area contributed by atoms with E-state index in [4.69, 9.17) is 0 Å². The molecular weight excluding hydrogens is 307 g/mol. The second-order valence-electron chi connectivity index (χ2n) is 3.59. The van der Waals surface area contributed by atoms with E-state index in [1.807, 2.05) is 36.4 Å². The van der Waals surface area contributed by atoms with Gasteiger partial charge in [-0.2, -0.15) is 0 Å². The van der Waals surface area contributed by atoms with Crippen LogP contribution in [0, 0.1) is 0 Å². The molecule has 1 nitrogen and oxygen atoms in total. The minimum absolute atomic E-state index is 0.105. The van der Waals surface area contributed by atoms with E-state index < -0.39 is 0 Å². The van der Waals surface area contributed by atoms with E-state index in [0.717, 1.165) is 4.91 Å². The Bertz CT molecular complexity index is 496. The van der Waals surface area contributed by atoms with Gasteiger partial charge < -0.3 is 0 Å². The minimum atomic E-state index is 0.105. The van der Waals surface area contributed by atoms with Gasteiger partial charge in [0.2, 0.25) is 0 Å². The molecule has 0 aliphatic rings. The molecule has 3 heteroatoms. The molecule has 2 aromatic carbocycles. The van der Waals surface area contributed by atoms with Gasteiger partial charge in [0.15, 0.2) is 0 Å². The Labute approximate surface area is 118 Å². The van der Waals surface area contributed by atoms with E-state index in [2.05, 4.69) is 29.2 Å². The van der Waals surface area contributed by atoms with Crippen molar-refractivity contribution in [2.45, 2.75) is 4.90 Å². The van der Waals surface area contributed by atoms with Gasteiger partial charge in [0.1, 0.15) is 0 Å². The van der Waals surface area contributed by atoms with Crippen LogP contribution in [0.2, 0.25) is 0 Å². The van der Waals surface area contributed by atoms with Gasteiger partial charge in [-0.05, 0) is 0 Å². The fourth-order valence-corrected chi connectivity index (χ4v) is 4.00. The third kappa shape index (κ3) is 4.35. The molecule has 0 aromatic heterocycles. The Hall–Kier alpha value is -0.991. The Morgan fingerprint density at radius 2 is 1.61 bits per heavy atom. The van der Waals surface area contributed by atoms with Crippen LogP contribution in [-0.4, -0.2) is 26.7 Å². The summed E-state index contributed by atoms with van der Waals surface area (Å²) in [4.78, 5) is 4.34. The van der Waals surface area contributed by atoms with Crippen molar-refractivity contribution >= 4 is 31.2 Å². The third-order valence-corrected chi connectivity index (χ3v) is 5.56. The molecule has 0 heterocycles. The standard InChI is InChI=1S/C15H14OSSe/c16-11-14(17-13-7-3-1-4-8-13)12-18-15-9-5-2-6-10-15/h1-10,12,16H,11H2/b14-12-. The van der Waals surface area contributed by atoms with Crippen LogP contribution in [0.1, 0.15) is 0 Å². The Kier molecular flexibility index (Phi) is 5.56. The first-order valence-electron chi connectivity index (χ1n) is 5.63. The Balaban J connectivity index is 2.00. The summed E-state index contributed by atoms with van der Waals surface area (Å²) in [6.45, 7) is 0.105. The molecule has 0 saturated carbocycles. The van der Waals surface area contributed by atoms with Gasteiger partial charge in [-0.1, -0.05) is 0 Å². The van der Waals surface area contributed by atoms with Crippen LogP contribution < -0.4 is 4.46 Å². The van der Waals surface area contributed by atoms with Gasteiger partial charge >= 0.3 is 118 Å². The summed E-state index contributed by atoms with van der Waals surface area (Å²) < 4.78 is 1.32. The first-order chi connectivity index (χ1) is 8.88. The topological polar surface area (TPSA) is 20.2 Å². The second kappa shape index (κ2) is 7.45. The summed E-state index contributed by atoms with van der Waals surface area (Å²) in [5.41, 5.74) is 0. The SMILES string of the molecule is OC/C(=C/[Se]c1ccccc1)Sc1ccccc1. The monoisotopic (exact) mass is 322 g/mol. The van der Waals surface area contributed by atoms with E-state index in [1.54, 1.807) is 11.8 Å². The summed E-state index contributed by atoms with van der Waals surface area (Å²) in [6, 6.07) is 20.5. The van der Waals surface area contributed by atoms with Crippen molar-refractivity contribution in [1.29, 1.82) is 0 Å². The van der Waals surface area contributed by atoms with Gasteiger partial charge in [-0.25, -0.2) is 0 Å². The van der Waals surface area contributed by atoms with Crippen molar-refractivity contribution in [3.63, 3.8) is 0 Å². The van der Waals surface area contributed by atoms with Gasteiger partial charge in [0, 0.05) is 0 Å². The van der Waals surface area contributed by atoms with Crippen LogP contribution in [0.25, 0.3) is 0 Å². The van der Waals surface area contributed by atoms with Gasteiger partial charge in [0.25, 0.3) is 0 Å². The van der Waals surface area contributed by atoms with E-state index >= 15 is 0 Å². The zero-order chi connectivity index (χ0) is 12.6. The molecule has 0 unspecified atom stereocenters. The quantitative estimate of drug-likeness (QED) is 0.675. The fraction of sp³-hybridized carbons (Fsp3) is 0.0667. The normalized spacial score (nSPS) is 11.5. The zero-order valence-electron chi connectivity index (χ0n) is 9.82. The van der Waals surface area contributed by atoms with Crippen molar-refractivity contribution in [3.8, 4) is 0 Å². The molecule has 2 aromatic rings. The van der Waals surface area contributed by atoms with E-state index in [1.165, 1.54) is 9.36 Å². The van der Waals surface area contributed by atoms with Gasteiger partial charge in [-0.15, -0.1) is 0 Å². The maximum absolute atomic E-state index is 9.39. The molecule has 2 rings (SSSR count). The number of hydrogen-bond donors (Lipinski definition) is 1. The number of aliphatic hydroxyl groups excluding tert-OH is 1. The summed E-state index contributed by atoms with van der Waals surface area (Å²) in [7, 11) is 0. The van der Waals surface area contributed by atoms with Crippen molar-refractivity contribution in [2.75, 3.05) is 6.61 Å². The predicted octanol–water partition coefficient (Wildman–Crippen LogP) is 2.64. The van der Waals surface area contributed by atoms with Crippen molar-refractivity contribution in [2.24, 2.45) is 0 Å². The number of benzene rings is 2. The van der Waals surface area contributed by atoms with Crippen LogP contribution in [0.4, 0.5) is 0 Å². The first-order valence-corrected chi connectivity index (χ1v) is 8.29. The molecule has 92 valence electrons. The third-order valence-electron chi connectivity index (χ3n) is 2.22. The molecule has 0 amide bonds. The average molecular weight is 321 g/mol. The van der Waals surface area contributed by atoms with Crippen molar-refractivity contribution in [3.05, 3.63) is 70.5 Å². The van der Waals surface area contributed by atoms with Gasteiger partial charge in [0.05, 0.1) is 0 Å². The van der Waals surface area contributed by atoms with Gasteiger partial charge in [-0.3, -0.25) is 0 Å². The number of rotatable bonds is 5. The van der Waals surface area contributed by atoms with Crippen LogP contribution in [0.5, 0.6) is 0 Å². The first kappa shape index (κ1) is 13.4. The Morgan fingerprint density at radius 3 is 2.22 bits per heavy atom. The molecule has 1 N–H and O–H groups in total. The second-order valence-corrected chi connectivity index (χ2v) is 6.77. The average Bonchev–Trinajstić information content (AvgIpc) is 2.45. The maximum atomic E-state index is 9.39. The molecule has 0 fully saturated rings. The Morgan fingerprint density at radius 1 is 1.00 bits per heavy atom. The summed E-state index contributed by atoms with van der Waals surface area (Å²) in [5.74, 6) is 0. The molecule has 0 atom stereocenters. The molecule has 0 radical (unpaired) electrons. The van der Waals surface area contributed by atoms with Crippen LogP contribution >= 0.6 is 11.8 Å². The number of thioether (sulfide) groups is 1. The number of aliphatic hydroxyl groups is 1. The van der Waals surface area contributed by atoms with E-state index in [0.29, 0.717) is 0 Å². The fourth-order valence-electron chi connectivity index (χ4n) is 1.37. The van der Waals surface area contributed by atoms with Crippen LogP contribution in [0.3, 0.4) is 0 Å². The molecule has 0 aliphatic heterocycles. The summed E-state index contributed by atoms with van der Waals surface area (Å²) in [5, 5.41) is 9.39. The molecular formula is C15H14OSSe. The summed E-state index contributed by atoms with van der Waals surface area (Å²) in [6.07, 6.45) is 0. The van der Waals surface area contributed by atoms with E-state index in [9.17, 15) is 5.11 Å². The molecule has 0 aliphatic carbocycles. The zero-order valence-corrected chi connectivity index (χ0v) is 12.4. The van der Waals surface area contributed by atoms with E-state index in [-0.39, 0.29) is 21.6 Å². The summed E-state index contributed by atoms with van der Waals surface area (Å²) >= 11 is 1.91. The van der Waals surface area contributed by atoms with Crippen LogP contribution in [0.15, 0.2) is 75.4 Å². The predicted molar refractivity (Wildman–Crippen MR) is 79.3 cm³/mol. The molecule has 0 spiro atoms. The van der Waals surface area contributed by atoms with Crippen LogP contribution in [-0.2, 0) is 0 Å². The molecule has 18 heavy (non-hydrogen) atoms. The molecule has 0 saturated heterocycles. The van der Waals surface area contributed by atoms with Crippen molar-refractivity contribution < 1.29 is 5.11 Å². The molecule has 0 bridgehead atoms. The van der Waals surface area contributed by atoms with Crippen molar-refractivity contribution in [1.82, 2.24) is 0 Å². The number of hydrogen-bond acceptors (Lipinski definition) is 2.